The second-order valence-electron chi connectivity index (χ2n) is 5.30. The van der Waals surface area contributed by atoms with E-state index in [4.69, 9.17) is 9.47 Å². The summed E-state index contributed by atoms with van der Waals surface area (Å²) in [5.74, 6) is -0.291. The molecule has 21 heavy (non-hydrogen) atoms. The summed E-state index contributed by atoms with van der Waals surface area (Å²) in [5, 5.41) is 0. The average molecular weight is 295 g/mol. The van der Waals surface area contributed by atoms with Crippen molar-refractivity contribution in [3.8, 4) is 5.75 Å². The van der Waals surface area contributed by atoms with Crippen molar-refractivity contribution in [2.24, 2.45) is 5.92 Å². The van der Waals surface area contributed by atoms with Crippen LogP contribution in [0.5, 0.6) is 5.75 Å². The Kier molecular flexibility index (Phi) is 5.56. The summed E-state index contributed by atoms with van der Waals surface area (Å²) in [6.07, 6.45) is 1.83. The molecular weight excluding hydrogens is 273 g/mol. The molecule has 1 aliphatic heterocycles. The summed E-state index contributed by atoms with van der Waals surface area (Å²) in [7, 11) is 1.45. The highest BCUT2D eigenvalue weighted by atomic mass is 19.1. The first-order valence-corrected chi connectivity index (χ1v) is 7.35. The number of ether oxygens (including phenoxy) is 2. The Labute approximate surface area is 124 Å². The van der Waals surface area contributed by atoms with E-state index in [9.17, 15) is 9.18 Å². The third-order valence-electron chi connectivity index (χ3n) is 3.75. The molecule has 1 unspecified atom stereocenters. The molecule has 1 heterocycles. The summed E-state index contributed by atoms with van der Waals surface area (Å²) >= 11 is 0. The Morgan fingerprint density at radius 1 is 1.48 bits per heavy atom. The number of likely N-dealkylation sites (tertiary alicyclic amines) is 1. The SMILES string of the molecule is CCOC(=O)C1CCCN(Cc2ccc(OC)c(F)c2)C1. The minimum atomic E-state index is -0.353. The number of carbonyl (C=O) groups is 1. The minimum absolute atomic E-state index is 0.0678. The molecule has 116 valence electrons. The number of nitrogens with zero attached hydrogens (tertiary/aromatic N) is 1. The first kappa shape index (κ1) is 15.8. The molecule has 0 aromatic heterocycles. The Balaban J connectivity index is 1.96. The van der Waals surface area contributed by atoms with Crippen LogP contribution >= 0.6 is 0 Å². The molecule has 0 spiro atoms. The number of hydrogen-bond acceptors (Lipinski definition) is 4. The number of benzene rings is 1. The molecule has 1 saturated heterocycles. The lowest BCUT2D eigenvalue weighted by atomic mass is 9.97. The van der Waals surface area contributed by atoms with Gasteiger partial charge in [-0.2, -0.15) is 0 Å². The molecule has 2 rings (SSSR count). The standard InChI is InChI=1S/C16H22FNO3/c1-3-21-16(19)13-5-4-8-18(11-13)10-12-6-7-15(20-2)14(17)9-12/h6-7,9,13H,3-5,8,10-11H2,1-2H3. The van der Waals surface area contributed by atoms with Crippen molar-refractivity contribution in [3.05, 3.63) is 29.6 Å². The van der Waals surface area contributed by atoms with Gasteiger partial charge in [-0.25, -0.2) is 4.39 Å². The van der Waals surface area contributed by atoms with Gasteiger partial charge in [0.15, 0.2) is 11.6 Å². The molecule has 0 radical (unpaired) electrons. The van der Waals surface area contributed by atoms with Crippen LogP contribution in [0.15, 0.2) is 18.2 Å². The van der Waals surface area contributed by atoms with E-state index in [2.05, 4.69) is 4.90 Å². The van der Waals surface area contributed by atoms with Crippen molar-refractivity contribution in [2.75, 3.05) is 26.8 Å². The molecule has 5 heteroatoms. The first-order valence-electron chi connectivity index (χ1n) is 7.35. The zero-order valence-corrected chi connectivity index (χ0v) is 12.6. The quantitative estimate of drug-likeness (QED) is 0.783. The zero-order valence-electron chi connectivity index (χ0n) is 12.6. The van der Waals surface area contributed by atoms with Gasteiger partial charge in [-0.15, -0.1) is 0 Å². The molecule has 1 fully saturated rings. The highest BCUT2D eigenvalue weighted by Gasteiger charge is 2.26. The third kappa shape index (κ3) is 4.17. The highest BCUT2D eigenvalue weighted by Crippen LogP contribution is 2.22. The van der Waals surface area contributed by atoms with Gasteiger partial charge in [0.25, 0.3) is 0 Å². The van der Waals surface area contributed by atoms with Crippen LogP contribution in [0.2, 0.25) is 0 Å². The fraction of sp³-hybridized carbons (Fsp3) is 0.562. The van der Waals surface area contributed by atoms with Crippen LogP contribution in [-0.2, 0) is 16.1 Å². The van der Waals surface area contributed by atoms with Crippen LogP contribution < -0.4 is 4.74 Å². The second-order valence-corrected chi connectivity index (χ2v) is 5.30. The molecule has 1 aliphatic rings. The maximum atomic E-state index is 13.7. The van der Waals surface area contributed by atoms with E-state index in [1.165, 1.54) is 13.2 Å². The van der Waals surface area contributed by atoms with Gasteiger partial charge >= 0.3 is 5.97 Å². The summed E-state index contributed by atoms with van der Waals surface area (Å²) < 4.78 is 23.7. The smallest absolute Gasteiger partial charge is 0.310 e. The van der Waals surface area contributed by atoms with Crippen molar-refractivity contribution in [1.29, 1.82) is 0 Å². The minimum Gasteiger partial charge on any atom is -0.494 e. The van der Waals surface area contributed by atoms with E-state index >= 15 is 0 Å². The van der Waals surface area contributed by atoms with Gasteiger partial charge in [0, 0.05) is 13.1 Å². The molecule has 1 aromatic rings. The van der Waals surface area contributed by atoms with Gasteiger partial charge in [-0.1, -0.05) is 6.07 Å². The molecule has 1 atom stereocenters. The van der Waals surface area contributed by atoms with E-state index in [0.717, 1.165) is 24.9 Å². The van der Waals surface area contributed by atoms with Gasteiger partial charge in [-0.05, 0) is 44.0 Å². The fourth-order valence-electron chi connectivity index (χ4n) is 2.72. The summed E-state index contributed by atoms with van der Waals surface area (Å²) in [6.45, 7) is 4.46. The number of halogens is 1. The Morgan fingerprint density at radius 2 is 2.29 bits per heavy atom. The van der Waals surface area contributed by atoms with E-state index < -0.39 is 0 Å². The lowest BCUT2D eigenvalue weighted by Crippen LogP contribution is -2.38. The van der Waals surface area contributed by atoms with E-state index in [1.54, 1.807) is 6.07 Å². The number of methoxy groups -OCH3 is 1. The Hall–Kier alpha value is -1.62. The molecular formula is C16H22FNO3. The maximum absolute atomic E-state index is 13.7. The molecule has 0 amide bonds. The van der Waals surface area contributed by atoms with Crippen molar-refractivity contribution in [3.63, 3.8) is 0 Å². The maximum Gasteiger partial charge on any atom is 0.310 e. The molecule has 0 saturated carbocycles. The van der Waals surface area contributed by atoms with Crippen molar-refractivity contribution >= 4 is 5.97 Å². The van der Waals surface area contributed by atoms with Crippen LogP contribution in [0.1, 0.15) is 25.3 Å². The highest BCUT2D eigenvalue weighted by molar-refractivity contribution is 5.72. The summed E-state index contributed by atoms with van der Waals surface area (Å²) in [5.41, 5.74) is 0.887. The lowest BCUT2D eigenvalue weighted by Gasteiger charge is -2.31. The Morgan fingerprint density at radius 3 is 2.95 bits per heavy atom. The lowest BCUT2D eigenvalue weighted by molar-refractivity contribution is -0.150. The molecule has 0 bridgehead atoms. The van der Waals surface area contributed by atoms with E-state index in [1.807, 2.05) is 13.0 Å². The van der Waals surface area contributed by atoms with Crippen LogP contribution in [-0.4, -0.2) is 37.7 Å². The molecule has 0 N–H and O–H groups in total. The molecule has 4 nitrogen and oxygen atoms in total. The average Bonchev–Trinajstić information content (AvgIpc) is 2.48. The first-order chi connectivity index (χ1) is 10.1. The second kappa shape index (κ2) is 7.41. The van der Waals surface area contributed by atoms with Gasteiger partial charge < -0.3 is 9.47 Å². The topological polar surface area (TPSA) is 38.8 Å². The summed E-state index contributed by atoms with van der Waals surface area (Å²) in [6, 6.07) is 4.99. The fourth-order valence-corrected chi connectivity index (χ4v) is 2.72. The van der Waals surface area contributed by atoms with Gasteiger partial charge in [0.05, 0.1) is 19.6 Å². The predicted octanol–water partition coefficient (Wildman–Crippen LogP) is 2.61. The van der Waals surface area contributed by atoms with E-state index in [-0.39, 0.29) is 23.5 Å². The van der Waals surface area contributed by atoms with Crippen LogP contribution in [0, 0.1) is 11.7 Å². The summed E-state index contributed by atoms with van der Waals surface area (Å²) in [4.78, 5) is 14.0. The van der Waals surface area contributed by atoms with Crippen LogP contribution in [0.4, 0.5) is 4.39 Å². The monoisotopic (exact) mass is 295 g/mol. The number of esters is 1. The van der Waals surface area contributed by atoms with E-state index in [0.29, 0.717) is 19.7 Å². The Bertz CT molecular complexity index is 492. The van der Waals surface area contributed by atoms with Gasteiger partial charge in [0.1, 0.15) is 0 Å². The van der Waals surface area contributed by atoms with Crippen molar-refractivity contribution in [2.45, 2.75) is 26.3 Å². The molecule has 0 aliphatic carbocycles. The van der Waals surface area contributed by atoms with Crippen molar-refractivity contribution < 1.29 is 18.7 Å². The number of hydrogen-bond donors (Lipinski definition) is 0. The largest absolute Gasteiger partial charge is 0.494 e. The van der Waals surface area contributed by atoms with Crippen LogP contribution in [0.3, 0.4) is 0 Å². The van der Waals surface area contributed by atoms with Gasteiger partial charge in [0.2, 0.25) is 0 Å². The normalized spacial score (nSPS) is 19.3. The van der Waals surface area contributed by atoms with Crippen LogP contribution in [0.25, 0.3) is 0 Å². The third-order valence-corrected chi connectivity index (χ3v) is 3.75. The number of rotatable bonds is 5. The number of carbonyl (C=O) groups excluding carboxylic acids is 1. The molecule has 1 aromatic carbocycles. The van der Waals surface area contributed by atoms with Crippen molar-refractivity contribution in [1.82, 2.24) is 4.90 Å². The van der Waals surface area contributed by atoms with Gasteiger partial charge in [-0.3, -0.25) is 9.69 Å². The predicted molar refractivity (Wildman–Crippen MR) is 77.6 cm³/mol. The number of piperidine rings is 1. The zero-order chi connectivity index (χ0) is 15.2.